The predicted molar refractivity (Wildman–Crippen MR) is 81.1 cm³/mol. The van der Waals surface area contributed by atoms with Crippen LogP contribution < -0.4 is 5.32 Å². The van der Waals surface area contributed by atoms with Gasteiger partial charge in [-0.15, -0.1) is 0 Å². The zero-order chi connectivity index (χ0) is 13.4. The van der Waals surface area contributed by atoms with Gasteiger partial charge in [-0.1, -0.05) is 70.4 Å². The molecule has 0 radical (unpaired) electrons. The van der Waals surface area contributed by atoms with Crippen LogP contribution in [0.2, 0.25) is 0 Å². The third-order valence-corrected chi connectivity index (χ3v) is 3.69. The van der Waals surface area contributed by atoms with Crippen LogP contribution >= 0.6 is 0 Å². The summed E-state index contributed by atoms with van der Waals surface area (Å²) >= 11 is 0. The van der Waals surface area contributed by atoms with Crippen LogP contribution in [0.4, 0.5) is 0 Å². The smallest absolute Gasteiger partial charge is 0.00456 e. The van der Waals surface area contributed by atoms with Crippen molar-refractivity contribution in [2.45, 2.75) is 64.8 Å². The van der Waals surface area contributed by atoms with Gasteiger partial charge in [0.25, 0.3) is 0 Å². The van der Waals surface area contributed by atoms with Crippen LogP contribution in [0.25, 0.3) is 0 Å². The fourth-order valence-electron chi connectivity index (χ4n) is 2.22. The number of hydrogen-bond donors (Lipinski definition) is 1. The van der Waals surface area contributed by atoms with Gasteiger partial charge in [-0.3, -0.25) is 0 Å². The average Bonchev–Trinajstić information content (AvgIpc) is 2.38. The van der Waals surface area contributed by atoms with E-state index in [1.54, 1.807) is 0 Å². The van der Waals surface area contributed by atoms with Crippen molar-refractivity contribution in [3.8, 4) is 0 Å². The summed E-state index contributed by atoms with van der Waals surface area (Å²) in [4.78, 5) is 0. The molecule has 18 heavy (non-hydrogen) atoms. The molecule has 1 unspecified atom stereocenters. The van der Waals surface area contributed by atoms with Crippen molar-refractivity contribution >= 4 is 0 Å². The third kappa shape index (κ3) is 5.22. The second-order valence-electron chi connectivity index (χ2n) is 6.03. The lowest BCUT2D eigenvalue weighted by atomic mass is 9.84. The lowest BCUT2D eigenvalue weighted by molar-refractivity contribution is 0.409. The molecule has 0 amide bonds. The number of rotatable bonds is 8. The molecule has 0 saturated carbocycles. The van der Waals surface area contributed by atoms with Crippen molar-refractivity contribution in [2.75, 3.05) is 6.54 Å². The number of unbranched alkanes of at least 4 members (excludes halogenated alkanes) is 2. The average molecular weight is 247 g/mol. The van der Waals surface area contributed by atoms with E-state index in [2.05, 4.69) is 63.3 Å². The number of hydrogen-bond acceptors (Lipinski definition) is 1. The minimum absolute atomic E-state index is 0.209. The summed E-state index contributed by atoms with van der Waals surface area (Å²) in [5.41, 5.74) is 1.62. The summed E-state index contributed by atoms with van der Waals surface area (Å²) in [5, 5.41) is 3.68. The molecule has 1 heteroatoms. The number of nitrogens with one attached hydrogen (secondary N) is 1. The molecule has 1 rings (SSSR count). The van der Waals surface area contributed by atoms with E-state index in [1.807, 2.05) is 0 Å². The second-order valence-corrected chi connectivity index (χ2v) is 6.03. The molecule has 0 saturated heterocycles. The Labute approximate surface area is 113 Å². The first-order valence-corrected chi connectivity index (χ1v) is 7.35. The van der Waals surface area contributed by atoms with Crippen LogP contribution in [-0.2, 0) is 5.41 Å². The highest BCUT2D eigenvalue weighted by Gasteiger charge is 2.20. The minimum atomic E-state index is 0.209. The Morgan fingerprint density at radius 3 is 2.39 bits per heavy atom. The molecule has 1 nitrogen and oxygen atoms in total. The normalized spacial score (nSPS) is 13.6. The Morgan fingerprint density at radius 2 is 1.78 bits per heavy atom. The standard InChI is InChI=1S/C17H29N/c1-5-6-8-11-15(2)18-14-17(3,4)16-12-9-7-10-13-16/h7,9-10,12-13,15,18H,5-6,8,11,14H2,1-4H3. The van der Waals surface area contributed by atoms with Gasteiger partial charge in [-0.2, -0.15) is 0 Å². The van der Waals surface area contributed by atoms with E-state index in [1.165, 1.54) is 31.2 Å². The summed E-state index contributed by atoms with van der Waals surface area (Å²) in [6, 6.07) is 11.4. The molecule has 1 aromatic rings. The van der Waals surface area contributed by atoms with Crippen LogP contribution in [0.5, 0.6) is 0 Å². The van der Waals surface area contributed by atoms with Crippen LogP contribution in [0.15, 0.2) is 30.3 Å². The van der Waals surface area contributed by atoms with Gasteiger partial charge in [-0.05, 0) is 18.9 Å². The van der Waals surface area contributed by atoms with Gasteiger partial charge < -0.3 is 5.32 Å². The Bertz CT molecular complexity index is 316. The Balaban J connectivity index is 2.37. The molecule has 0 aromatic heterocycles. The maximum absolute atomic E-state index is 3.68. The highest BCUT2D eigenvalue weighted by atomic mass is 14.9. The zero-order valence-electron chi connectivity index (χ0n) is 12.5. The molecule has 102 valence electrons. The first-order chi connectivity index (χ1) is 8.56. The first kappa shape index (κ1) is 15.2. The van der Waals surface area contributed by atoms with Gasteiger partial charge in [0.2, 0.25) is 0 Å². The van der Waals surface area contributed by atoms with Gasteiger partial charge in [-0.25, -0.2) is 0 Å². The van der Waals surface area contributed by atoms with Crippen LogP contribution in [0.1, 0.15) is 58.9 Å². The summed E-state index contributed by atoms with van der Waals surface area (Å²) in [6.07, 6.45) is 5.30. The highest BCUT2D eigenvalue weighted by molar-refractivity contribution is 5.23. The zero-order valence-corrected chi connectivity index (χ0v) is 12.5. The van der Waals surface area contributed by atoms with Crippen molar-refractivity contribution in [1.29, 1.82) is 0 Å². The molecule has 0 aliphatic rings. The molecule has 1 N–H and O–H groups in total. The Kier molecular flexibility index (Phi) is 6.42. The largest absolute Gasteiger partial charge is 0.313 e. The predicted octanol–water partition coefficient (Wildman–Crippen LogP) is 4.52. The van der Waals surface area contributed by atoms with Crippen molar-refractivity contribution in [1.82, 2.24) is 5.32 Å². The van der Waals surface area contributed by atoms with E-state index >= 15 is 0 Å². The molecule has 0 aliphatic carbocycles. The van der Waals surface area contributed by atoms with Gasteiger partial charge in [0.05, 0.1) is 0 Å². The quantitative estimate of drug-likeness (QED) is 0.666. The molecule has 1 aromatic carbocycles. The summed E-state index contributed by atoms with van der Waals surface area (Å²) in [6.45, 7) is 10.2. The first-order valence-electron chi connectivity index (χ1n) is 7.35. The monoisotopic (exact) mass is 247 g/mol. The molecular formula is C17H29N. The molecular weight excluding hydrogens is 218 g/mol. The van der Waals surface area contributed by atoms with Gasteiger partial charge in [0.15, 0.2) is 0 Å². The van der Waals surface area contributed by atoms with Gasteiger partial charge in [0, 0.05) is 18.0 Å². The number of benzene rings is 1. The molecule has 0 bridgehead atoms. The van der Waals surface area contributed by atoms with Gasteiger partial charge >= 0.3 is 0 Å². The Morgan fingerprint density at radius 1 is 1.11 bits per heavy atom. The molecule has 0 spiro atoms. The lowest BCUT2D eigenvalue weighted by Gasteiger charge is -2.28. The molecule has 0 heterocycles. The summed E-state index contributed by atoms with van der Waals surface area (Å²) in [5.74, 6) is 0. The fourth-order valence-corrected chi connectivity index (χ4v) is 2.22. The fraction of sp³-hybridized carbons (Fsp3) is 0.647. The molecule has 0 fully saturated rings. The SMILES string of the molecule is CCCCCC(C)NCC(C)(C)c1ccccc1. The molecule has 0 aliphatic heterocycles. The van der Waals surface area contributed by atoms with Crippen molar-refractivity contribution in [3.05, 3.63) is 35.9 Å². The van der Waals surface area contributed by atoms with Crippen LogP contribution in [-0.4, -0.2) is 12.6 Å². The lowest BCUT2D eigenvalue weighted by Crippen LogP contribution is -2.37. The minimum Gasteiger partial charge on any atom is -0.313 e. The maximum atomic E-state index is 3.68. The topological polar surface area (TPSA) is 12.0 Å². The van der Waals surface area contributed by atoms with E-state index < -0.39 is 0 Å². The summed E-state index contributed by atoms with van der Waals surface area (Å²) in [7, 11) is 0. The van der Waals surface area contributed by atoms with Crippen LogP contribution in [0, 0.1) is 0 Å². The van der Waals surface area contributed by atoms with E-state index in [0.29, 0.717) is 6.04 Å². The summed E-state index contributed by atoms with van der Waals surface area (Å²) < 4.78 is 0. The van der Waals surface area contributed by atoms with E-state index in [9.17, 15) is 0 Å². The maximum Gasteiger partial charge on any atom is 0.00456 e. The van der Waals surface area contributed by atoms with E-state index in [4.69, 9.17) is 0 Å². The second kappa shape index (κ2) is 7.58. The van der Waals surface area contributed by atoms with Crippen LogP contribution in [0.3, 0.4) is 0 Å². The van der Waals surface area contributed by atoms with Crippen molar-refractivity contribution in [3.63, 3.8) is 0 Å². The Hall–Kier alpha value is -0.820. The third-order valence-electron chi connectivity index (χ3n) is 3.69. The van der Waals surface area contributed by atoms with E-state index in [-0.39, 0.29) is 5.41 Å². The van der Waals surface area contributed by atoms with Crippen molar-refractivity contribution in [2.24, 2.45) is 0 Å². The van der Waals surface area contributed by atoms with Crippen molar-refractivity contribution < 1.29 is 0 Å². The molecule has 1 atom stereocenters. The van der Waals surface area contributed by atoms with E-state index in [0.717, 1.165) is 6.54 Å². The van der Waals surface area contributed by atoms with Gasteiger partial charge in [0.1, 0.15) is 0 Å². The highest BCUT2D eigenvalue weighted by Crippen LogP contribution is 2.22.